The molecule has 0 spiro atoms. The van der Waals surface area contributed by atoms with Gasteiger partial charge in [-0.25, -0.2) is 0 Å². The highest BCUT2D eigenvalue weighted by Gasteiger charge is 2.51. The van der Waals surface area contributed by atoms with Gasteiger partial charge >= 0.3 is 0 Å². The number of carbonyl (C=O) groups excluding carboxylic acids is 2. The number of hydrogen-bond donors (Lipinski definition) is 0. The molecule has 4 bridgehead atoms. The van der Waals surface area contributed by atoms with Crippen molar-refractivity contribution in [2.24, 2.45) is 29.1 Å². The van der Waals surface area contributed by atoms with Gasteiger partial charge in [-0.05, 0) is 74.5 Å². The molecule has 5 aliphatic rings. The molecule has 0 aromatic rings. The maximum absolute atomic E-state index is 12.7. The molecule has 5 rings (SSSR count). The molecule has 116 valence electrons. The van der Waals surface area contributed by atoms with Gasteiger partial charge in [0.1, 0.15) is 6.29 Å². The molecular formula is C18H27NO2. The van der Waals surface area contributed by atoms with Crippen LogP contribution in [0.5, 0.6) is 0 Å². The first kappa shape index (κ1) is 13.8. The third-order valence-electron chi connectivity index (χ3n) is 6.78. The van der Waals surface area contributed by atoms with E-state index in [1.807, 2.05) is 4.90 Å². The van der Waals surface area contributed by atoms with Crippen molar-refractivity contribution in [1.82, 2.24) is 4.90 Å². The molecule has 1 amide bonds. The van der Waals surface area contributed by atoms with Gasteiger partial charge in [-0.15, -0.1) is 0 Å². The largest absolute Gasteiger partial charge is 0.343 e. The van der Waals surface area contributed by atoms with Gasteiger partial charge in [0.15, 0.2) is 0 Å². The molecular weight excluding hydrogens is 262 g/mol. The van der Waals surface area contributed by atoms with Crippen LogP contribution >= 0.6 is 0 Å². The summed E-state index contributed by atoms with van der Waals surface area (Å²) in [5.74, 6) is 3.33. The zero-order valence-electron chi connectivity index (χ0n) is 12.9. The maximum atomic E-state index is 12.7. The van der Waals surface area contributed by atoms with Crippen LogP contribution in [0.1, 0.15) is 57.8 Å². The Labute approximate surface area is 127 Å². The number of piperidine rings is 1. The van der Waals surface area contributed by atoms with Crippen molar-refractivity contribution >= 4 is 12.2 Å². The van der Waals surface area contributed by atoms with E-state index in [4.69, 9.17) is 0 Å². The molecule has 21 heavy (non-hydrogen) atoms. The van der Waals surface area contributed by atoms with Crippen LogP contribution in [0, 0.1) is 29.1 Å². The monoisotopic (exact) mass is 289 g/mol. The highest BCUT2D eigenvalue weighted by Crippen LogP contribution is 2.61. The van der Waals surface area contributed by atoms with Crippen LogP contribution in [0.15, 0.2) is 0 Å². The summed E-state index contributed by atoms with van der Waals surface area (Å²) < 4.78 is 0. The minimum Gasteiger partial charge on any atom is -0.343 e. The SMILES string of the molecule is O=CC1CCN(C(=O)CC23CC4CC(CC(C4)C2)C3)CC1. The van der Waals surface area contributed by atoms with E-state index in [-0.39, 0.29) is 5.92 Å². The second kappa shape index (κ2) is 5.10. The Morgan fingerprint density at radius 1 is 1.00 bits per heavy atom. The van der Waals surface area contributed by atoms with Crippen LogP contribution in [-0.4, -0.2) is 30.2 Å². The molecule has 0 aromatic carbocycles. The lowest BCUT2D eigenvalue weighted by Gasteiger charge is -2.57. The molecule has 0 atom stereocenters. The number of hydrogen-bond acceptors (Lipinski definition) is 2. The third kappa shape index (κ3) is 2.53. The number of amides is 1. The molecule has 0 aromatic heterocycles. The predicted molar refractivity (Wildman–Crippen MR) is 80.6 cm³/mol. The smallest absolute Gasteiger partial charge is 0.223 e. The van der Waals surface area contributed by atoms with E-state index >= 15 is 0 Å². The normalized spacial score (nSPS) is 42.3. The van der Waals surface area contributed by atoms with Gasteiger partial charge in [-0.3, -0.25) is 4.79 Å². The van der Waals surface area contributed by atoms with Crippen molar-refractivity contribution in [3.8, 4) is 0 Å². The van der Waals surface area contributed by atoms with Crippen LogP contribution in [0.4, 0.5) is 0 Å². The highest BCUT2D eigenvalue weighted by atomic mass is 16.2. The van der Waals surface area contributed by atoms with E-state index in [1.165, 1.54) is 38.5 Å². The van der Waals surface area contributed by atoms with Gasteiger partial charge in [0.05, 0.1) is 0 Å². The Morgan fingerprint density at radius 2 is 1.52 bits per heavy atom. The molecule has 3 nitrogen and oxygen atoms in total. The number of carbonyl (C=O) groups is 2. The van der Waals surface area contributed by atoms with E-state index in [0.29, 0.717) is 11.3 Å². The van der Waals surface area contributed by atoms with Crippen molar-refractivity contribution < 1.29 is 9.59 Å². The summed E-state index contributed by atoms with van der Waals surface area (Å²) in [4.78, 5) is 25.6. The molecule has 0 radical (unpaired) electrons. The quantitative estimate of drug-likeness (QED) is 0.749. The topological polar surface area (TPSA) is 37.4 Å². The highest BCUT2D eigenvalue weighted by molar-refractivity contribution is 5.77. The van der Waals surface area contributed by atoms with Gasteiger partial charge in [-0.1, -0.05) is 0 Å². The molecule has 3 heteroatoms. The number of rotatable bonds is 3. The zero-order valence-corrected chi connectivity index (χ0v) is 12.9. The first-order chi connectivity index (χ1) is 10.2. The Hall–Kier alpha value is -0.860. The summed E-state index contributed by atoms with van der Waals surface area (Å²) in [6.45, 7) is 1.60. The van der Waals surface area contributed by atoms with Crippen molar-refractivity contribution in [3.05, 3.63) is 0 Å². The molecule has 0 unspecified atom stereocenters. The van der Waals surface area contributed by atoms with Crippen molar-refractivity contribution in [1.29, 1.82) is 0 Å². The van der Waals surface area contributed by atoms with Crippen LogP contribution in [0.3, 0.4) is 0 Å². The van der Waals surface area contributed by atoms with Gasteiger partial charge in [-0.2, -0.15) is 0 Å². The second-order valence-corrected chi connectivity index (χ2v) is 8.45. The summed E-state index contributed by atoms with van der Waals surface area (Å²) in [5, 5.41) is 0. The first-order valence-corrected chi connectivity index (χ1v) is 8.89. The summed E-state index contributed by atoms with van der Waals surface area (Å²) in [7, 11) is 0. The van der Waals surface area contributed by atoms with Crippen molar-refractivity contribution in [3.63, 3.8) is 0 Å². The number of aldehydes is 1. The number of likely N-dealkylation sites (tertiary alicyclic amines) is 1. The van der Waals surface area contributed by atoms with Gasteiger partial charge in [0, 0.05) is 25.4 Å². The Kier molecular flexibility index (Phi) is 3.35. The fraction of sp³-hybridized carbons (Fsp3) is 0.889. The van der Waals surface area contributed by atoms with E-state index < -0.39 is 0 Å². The van der Waals surface area contributed by atoms with E-state index in [1.54, 1.807) is 0 Å². The Balaban J connectivity index is 1.39. The molecule has 0 N–H and O–H groups in total. The fourth-order valence-electron chi connectivity index (χ4n) is 6.22. The van der Waals surface area contributed by atoms with Crippen LogP contribution < -0.4 is 0 Å². The Morgan fingerprint density at radius 3 is 2.00 bits per heavy atom. The molecule has 4 saturated carbocycles. The van der Waals surface area contributed by atoms with E-state index in [9.17, 15) is 9.59 Å². The van der Waals surface area contributed by atoms with Crippen LogP contribution in [-0.2, 0) is 9.59 Å². The summed E-state index contributed by atoms with van der Waals surface area (Å²) in [6.07, 6.45) is 11.9. The molecule has 4 aliphatic carbocycles. The summed E-state index contributed by atoms with van der Waals surface area (Å²) >= 11 is 0. The molecule has 5 fully saturated rings. The molecule has 1 heterocycles. The van der Waals surface area contributed by atoms with Gasteiger partial charge in [0.25, 0.3) is 0 Å². The maximum Gasteiger partial charge on any atom is 0.223 e. The predicted octanol–water partition coefficient (Wildman–Crippen LogP) is 3.03. The first-order valence-electron chi connectivity index (χ1n) is 8.89. The second-order valence-electron chi connectivity index (χ2n) is 8.45. The third-order valence-corrected chi connectivity index (χ3v) is 6.78. The van der Waals surface area contributed by atoms with Crippen LogP contribution in [0.2, 0.25) is 0 Å². The Bertz CT molecular complexity index is 401. The lowest BCUT2D eigenvalue weighted by Crippen LogP contribution is -2.49. The van der Waals surface area contributed by atoms with Crippen molar-refractivity contribution in [2.75, 3.05) is 13.1 Å². The fourth-order valence-corrected chi connectivity index (χ4v) is 6.22. The molecule has 1 saturated heterocycles. The van der Waals surface area contributed by atoms with Gasteiger partial charge in [0.2, 0.25) is 5.91 Å². The van der Waals surface area contributed by atoms with Crippen LogP contribution in [0.25, 0.3) is 0 Å². The van der Waals surface area contributed by atoms with E-state index in [0.717, 1.165) is 56.4 Å². The number of nitrogens with zero attached hydrogens (tertiary/aromatic N) is 1. The van der Waals surface area contributed by atoms with E-state index in [2.05, 4.69) is 0 Å². The standard InChI is InChI=1S/C18H27NO2/c20-12-13-1-3-19(4-2-13)17(21)11-18-8-14-5-15(9-18)7-16(6-14)10-18/h12-16H,1-11H2. The summed E-state index contributed by atoms with van der Waals surface area (Å²) in [5.41, 5.74) is 0.355. The lowest BCUT2D eigenvalue weighted by atomic mass is 9.49. The minimum absolute atomic E-state index is 0.189. The van der Waals surface area contributed by atoms with Crippen molar-refractivity contribution in [2.45, 2.75) is 57.8 Å². The molecule has 1 aliphatic heterocycles. The summed E-state index contributed by atoms with van der Waals surface area (Å²) in [6, 6.07) is 0. The average Bonchev–Trinajstić information content (AvgIpc) is 2.45. The lowest BCUT2D eigenvalue weighted by molar-refractivity contribution is -0.141. The zero-order chi connectivity index (χ0) is 14.4. The average molecular weight is 289 g/mol. The minimum atomic E-state index is 0.189. The van der Waals surface area contributed by atoms with Gasteiger partial charge < -0.3 is 9.69 Å².